The fraction of sp³-hybridized carbons (Fsp3) is 0.824. The van der Waals surface area contributed by atoms with Crippen molar-refractivity contribution in [2.45, 2.75) is 63.3 Å². The molecule has 1 aliphatic carbocycles. The Bertz CT molecular complexity index is 626. The third kappa shape index (κ3) is 2.95. The molecule has 0 amide bonds. The van der Waals surface area contributed by atoms with E-state index in [-0.39, 0.29) is 18.1 Å². The van der Waals surface area contributed by atoms with Gasteiger partial charge in [-0.1, -0.05) is 0 Å². The molecule has 132 valence electrons. The number of esters is 1. The first-order valence-electron chi connectivity index (χ1n) is 9.06. The first-order chi connectivity index (χ1) is 11.5. The van der Waals surface area contributed by atoms with Gasteiger partial charge in [-0.3, -0.25) is 14.6 Å². The van der Waals surface area contributed by atoms with E-state index in [9.17, 15) is 4.79 Å². The number of carbonyl (C=O) groups excluding carboxylic acids is 1. The van der Waals surface area contributed by atoms with Gasteiger partial charge in [-0.2, -0.15) is 0 Å². The van der Waals surface area contributed by atoms with Crippen LogP contribution in [0.5, 0.6) is 0 Å². The molecule has 3 fully saturated rings. The minimum absolute atomic E-state index is 0.0466. The highest BCUT2D eigenvalue weighted by molar-refractivity contribution is 5.78. The van der Waals surface area contributed by atoms with Gasteiger partial charge in [0.15, 0.2) is 0 Å². The Balaban J connectivity index is 1.36. The number of nitrogens with zero attached hydrogens (tertiary/aromatic N) is 5. The minimum Gasteiger partial charge on any atom is -0.461 e. The molecular formula is C17H27N5O2. The van der Waals surface area contributed by atoms with Crippen molar-refractivity contribution >= 4 is 5.97 Å². The number of ether oxygens (including phenoxy) is 1. The molecule has 1 saturated carbocycles. The Hall–Kier alpha value is -1.47. The van der Waals surface area contributed by atoms with Crippen molar-refractivity contribution in [3.8, 4) is 0 Å². The molecule has 2 saturated heterocycles. The van der Waals surface area contributed by atoms with Crippen LogP contribution in [0.2, 0.25) is 0 Å². The summed E-state index contributed by atoms with van der Waals surface area (Å²) in [5.74, 6) is 2.74. The summed E-state index contributed by atoms with van der Waals surface area (Å²) < 4.78 is 7.47. The summed E-state index contributed by atoms with van der Waals surface area (Å²) in [5.41, 5.74) is 0. The van der Waals surface area contributed by atoms with Crippen LogP contribution in [0.4, 0.5) is 0 Å². The molecule has 0 unspecified atom stereocenters. The Labute approximate surface area is 143 Å². The third-order valence-corrected chi connectivity index (χ3v) is 5.74. The third-order valence-electron chi connectivity index (χ3n) is 5.74. The Morgan fingerprint density at radius 1 is 1.29 bits per heavy atom. The van der Waals surface area contributed by atoms with E-state index in [2.05, 4.69) is 38.7 Å². The zero-order valence-corrected chi connectivity index (χ0v) is 14.8. The lowest BCUT2D eigenvalue weighted by Crippen LogP contribution is -2.40. The molecule has 7 nitrogen and oxygen atoms in total. The van der Waals surface area contributed by atoms with Gasteiger partial charge in [-0.15, -0.1) is 10.2 Å². The van der Waals surface area contributed by atoms with Crippen molar-refractivity contribution in [1.82, 2.24) is 24.6 Å². The second-order valence-corrected chi connectivity index (χ2v) is 7.66. The van der Waals surface area contributed by atoms with Gasteiger partial charge in [0, 0.05) is 38.5 Å². The fourth-order valence-electron chi connectivity index (χ4n) is 4.01. The number of rotatable bonds is 5. The monoisotopic (exact) mass is 333 g/mol. The summed E-state index contributed by atoms with van der Waals surface area (Å²) in [6.45, 7) is 4.67. The fourth-order valence-corrected chi connectivity index (χ4v) is 4.01. The lowest BCUT2D eigenvalue weighted by Gasteiger charge is -2.25. The average Bonchev–Trinajstić information content (AvgIpc) is 2.99. The Morgan fingerprint density at radius 3 is 2.75 bits per heavy atom. The van der Waals surface area contributed by atoms with Gasteiger partial charge in [0.2, 0.25) is 0 Å². The largest absolute Gasteiger partial charge is 0.461 e. The zero-order valence-electron chi connectivity index (χ0n) is 14.8. The summed E-state index contributed by atoms with van der Waals surface area (Å²) in [4.78, 5) is 16.6. The van der Waals surface area contributed by atoms with Gasteiger partial charge < -0.3 is 9.30 Å². The molecule has 1 aromatic heterocycles. The van der Waals surface area contributed by atoms with Gasteiger partial charge in [0.1, 0.15) is 23.8 Å². The first-order valence-corrected chi connectivity index (χ1v) is 9.06. The standard InChI is InChI=1S/C17H27N5O2/c1-11-8-14(17(23)24-11)22-7-6-13(9-22)20(2)10-15-18-19-16(21(15)3)12-4-5-12/h11-14H,4-10H2,1-3H3/t11-,13-,14+/m1/s1. The minimum atomic E-state index is -0.0480. The molecule has 4 rings (SSSR count). The summed E-state index contributed by atoms with van der Waals surface area (Å²) in [6, 6.07) is 0.407. The number of likely N-dealkylation sites (N-methyl/N-ethyl adjacent to an activating group) is 1. The van der Waals surface area contributed by atoms with Gasteiger partial charge in [-0.25, -0.2) is 0 Å². The molecule has 0 N–H and O–H groups in total. The molecule has 0 aromatic carbocycles. The highest BCUT2D eigenvalue weighted by Gasteiger charge is 2.40. The lowest BCUT2D eigenvalue weighted by molar-refractivity contribution is -0.144. The van der Waals surface area contributed by atoms with Gasteiger partial charge >= 0.3 is 5.97 Å². The molecule has 1 aromatic rings. The van der Waals surface area contributed by atoms with Crippen LogP contribution in [-0.4, -0.2) is 68.9 Å². The number of likely N-dealkylation sites (tertiary alicyclic amines) is 1. The predicted octanol–water partition coefficient (Wildman–Crippen LogP) is 0.903. The Morgan fingerprint density at radius 2 is 2.08 bits per heavy atom. The van der Waals surface area contributed by atoms with E-state index < -0.39 is 0 Å². The molecule has 0 bridgehead atoms. The van der Waals surface area contributed by atoms with Crippen molar-refractivity contribution < 1.29 is 9.53 Å². The zero-order chi connectivity index (χ0) is 16.8. The number of hydrogen-bond donors (Lipinski definition) is 0. The van der Waals surface area contributed by atoms with Crippen LogP contribution >= 0.6 is 0 Å². The van der Waals surface area contributed by atoms with Crippen LogP contribution in [0.25, 0.3) is 0 Å². The van der Waals surface area contributed by atoms with E-state index in [1.54, 1.807) is 0 Å². The van der Waals surface area contributed by atoms with E-state index in [0.717, 1.165) is 44.1 Å². The molecule has 3 heterocycles. The normalized spacial score (nSPS) is 31.2. The summed E-state index contributed by atoms with van der Waals surface area (Å²) in [7, 11) is 4.23. The maximum atomic E-state index is 12.0. The molecule has 7 heteroatoms. The van der Waals surface area contributed by atoms with Crippen molar-refractivity contribution in [3.63, 3.8) is 0 Å². The number of hydrogen-bond acceptors (Lipinski definition) is 6. The maximum Gasteiger partial charge on any atom is 0.323 e. The molecular weight excluding hydrogens is 306 g/mol. The van der Waals surface area contributed by atoms with E-state index in [0.29, 0.717) is 12.0 Å². The predicted molar refractivity (Wildman–Crippen MR) is 88.4 cm³/mol. The van der Waals surface area contributed by atoms with Crippen molar-refractivity contribution in [2.75, 3.05) is 20.1 Å². The van der Waals surface area contributed by atoms with Crippen LogP contribution in [-0.2, 0) is 23.1 Å². The number of aromatic nitrogens is 3. The average molecular weight is 333 g/mol. The molecule has 2 aliphatic heterocycles. The van der Waals surface area contributed by atoms with Crippen LogP contribution in [0, 0.1) is 0 Å². The van der Waals surface area contributed by atoms with E-state index >= 15 is 0 Å². The van der Waals surface area contributed by atoms with Crippen LogP contribution in [0.3, 0.4) is 0 Å². The highest BCUT2D eigenvalue weighted by Crippen LogP contribution is 2.38. The molecule has 0 spiro atoms. The number of carbonyl (C=O) groups is 1. The van der Waals surface area contributed by atoms with E-state index in [4.69, 9.17) is 4.74 Å². The molecule has 0 radical (unpaired) electrons. The summed E-state index contributed by atoms with van der Waals surface area (Å²) >= 11 is 0. The van der Waals surface area contributed by atoms with Crippen LogP contribution in [0.1, 0.15) is 50.2 Å². The smallest absolute Gasteiger partial charge is 0.323 e. The lowest BCUT2D eigenvalue weighted by atomic mass is 10.1. The summed E-state index contributed by atoms with van der Waals surface area (Å²) in [5, 5.41) is 8.76. The van der Waals surface area contributed by atoms with Crippen LogP contribution < -0.4 is 0 Å². The Kier molecular flexibility index (Phi) is 4.08. The molecule has 24 heavy (non-hydrogen) atoms. The molecule has 3 atom stereocenters. The van der Waals surface area contributed by atoms with E-state index in [1.807, 2.05) is 6.92 Å². The highest BCUT2D eigenvalue weighted by atomic mass is 16.6. The van der Waals surface area contributed by atoms with Crippen molar-refractivity contribution in [1.29, 1.82) is 0 Å². The molecule has 3 aliphatic rings. The van der Waals surface area contributed by atoms with Crippen molar-refractivity contribution in [3.05, 3.63) is 11.6 Å². The quantitative estimate of drug-likeness (QED) is 0.746. The number of cyclic esters (lactones) is 1. The SMILES string of the molecule is C[C@@H]1C[C@H](N2CC[C@@H](N(C)Cc3nnc(C4CC4)n3C)C2)C(=O)O1. The maximum absolute atomic E-state index is 12.0. The van der Waals surface area contributed by atoms with Gasteiger partial charge in [0.25, 0.3) is 0 Å². The van der Waals surface area contributed by atoms with Gasteiger partial charge in [-0.05, 0) is 33.2 Å². The van der Waals surface area contributed by atoms with E-state index in [1.165, 1.54) is 12.8 Å². The topological polar surface area (TPSA) is 63.5 Å². The summed E-state index contributed by atoms with van der Waals surface area (Å²) in [6.07, 6.45) is 4.45. The van der Waals surface area contributed by atoms with Crippen LogP contribution in [0.15, 0.2) is 0 Å². The second kappa shape index (κ2) is 6.11. The van der Waals surface area contributed by atoms with Crippen molar-refractivity contribution in [2.24, 2.45) is 7.05 Å². The first kappa shape index (κ1) is 16.0. The van der Waals surface area contributed by atoms with Gasteiger partial charge in [0.05, 0.1) is 6.54 Å². The second-order valence-electron chi connectivity index (χ2n) is 7.66.